The van der Waals surface area contributed by atoms with Crippen LogP contribution >= 0.6 is 22.7 Å². The molecule has 2 N–H and O–H groups in total. The maximum atomic E-state index is 13.6. The first-order valence-electron chi connectivity index (χ1n) is 9.79. The second kappa shape index (κ2) is 7.38. The van der Waals surface area contributed by atoms with Gasteiger partial charge in [-0.3, -0.25) is 9.48 Å². The predicted molar refractivity (Wildman–Crippen MR) is 119 cm³/mol. The highest BCUT2D eigenvalue weighted by molar-refractivity contribution is 7.21. The molecule has 0 fully saturated rings. The molecule has 1 aliphatic rings. The summed E-state index contributed by atoms with van der Waals surface area (Å²) in [6.07, 6.45) is -1.42. The number of carbonyl (C=O) groups is 1. The van der Waals surface area contributed by atoms with Gasteiger partial charge in [0.05, 0.1) is 11.9 Å². The van der Waals surface area contributed by atoms with Crippen molar-refractivity contribution in [1.82, 2.24) is 20.1 Å². The van der Waals surface area contributed by atoms with Crippen LogP contribution in [0, 0.1) is 13.8 Å². The number of carbonyl (C=O) groups excluding carboxylic acids is 1. The van der Waals surface area contributed by atoms with Crippen molar-refractivity contribution in [3.63, 3.8) is 0 Å². The number of amides is 1. The lowest BCUT2D eigenvalue weighted by Crippen LogP contribution is -2.37. The summed E-state index contributed by atoms with van der Waals surface area (Å²) in [6, 6.07) is 5.39. The maximum Gasteiger partial charge on any atom is 0.280 e. The zero-order valence-corrected chi connectivity index (χ0v) is 18.6. The fraction of sp³-hybridized carbons (Fsp3) is 0.286. The average molecular weight is 460 g/mol. The number of anilines is 1. The second-order valence-corrected chi connectivity index (χ2v) is 9.66. The van der Waals surface area contributed by atoms with Crippen LogP contribution in [0.1, 0.15) is 50.3 Å². The molecule has 1 amide bonds. The Morgan fingerprint density at radius 1 is 1.19 bits per heavy atom. The van der Waals surface area contributed by atoms with Gasteiger partial charge in [-0.1, -0.05) is 0 Å². The largest absolute Gasteiger partial charge is 0.359 e. The third-order valence-corrected chi connectivity index (χ3v) is 7.56. The summed E-state index contributed by atoms with van der Waals surface area (Å²) in [5, 5.41) is 11.4. The zero-order chi connectivity index (χ0) is 21.9. The van der Waals surface area contributed by atoms with Crippen LogP contribution in [-0.2, 0) is 6.54 Å². The molecule has 5 heterocycles. The van der Waals surface area contributed by atoms with Gasteiger partial charge in [-0.2, -0.15) is 5.10 Å². The van der Waals surface area contributed by atoms with Gasteiger partial charge in [-0.25, -0.2) is 13.8 Å². The average Bonchev–Trinajstić information content (AvgIpc) is 3.44. The van der Waals surface area contributed by atoms with E-state index < -0.39 is 12.6 Å². The number of aromatic nitrogens is 3. The molecule has 10 heteroatoms. The van der Waals surface area contributed by atoms with Crippen LogP contribution in [0.15, 0.2) is 24.4 Å². The molecule has 31 heavy (non-hydrogen) atoms. The second-order valence-electron chi connectivity index (χ2n) is 7.34. The topological polar surface area (TPSA) is 71.8 Å². The summed E-state index contributed by atoms with van der Waals surface area (Å²) >= 11 is 2.72. The van der Waals surface area contributed by atoms with Crippen LogP contribution in [0.3, 0.4) is 0 Å². The number of rotatable bonds is 4. The number of hydrogen-bond donors (Lipinski definition) is 2. The standard InChI is InChI=1S/C21H19F2N5OS2/c1-4-28-10(3)12(8-24-28)11-7-13(18(22)23)25-21-15(11)16-17(31-21)20(29)27-19(26-16)14-6-5-9(2)30-14/h5-8,18-19,26H,4H2,1-3H3,(H,27,29)/t19-/m0/s1. The van der Waals surface area contributed by atoms with E-state index in [-0.39, 0.29) is 11.6 Å². The fourth-order valence-electron chi connectivity index (χ4n) is 3.90. The van der Waals surface area contributed by atoms with Gasteiger partial charge in [0.15, 0.2) is 0 Å². The van der Waals surface area contributed by atoms with Crippen molar-refractivity contribution in [3.05, 3.63) is 50.4 Å². The number of hydrogen-bond acceptors (Lipinski definition) is 6. The molecule has 0 spiro atoms. The van der Waals surface area contributed by atoms with Gasteiger partial charge < -0.3 is 10.6 Å². The Kier molecular flexibility index (Phi) is 4.78. The van der Waals surface area contributed by atoms with Crippen molar-refractivity contribution < 1.29 is 13.6 Å². The van der Waals surface area contributed by atoms with E-state index in [1.54, 1.807) is 17.5 Å². The smallest absolute Gasteiger partial charge is 0.280 e. The molecule has 0 unspecified atom stereocenters. The van der Waals surface area contributed by atoms with E-state index in [0.717, 1.165) is 32.3 Å². The highest BCUT2D eigenvalue weighted by Gasteiger charge is 2.32. The number of fused-ring (bicyclic) bond motifs is 3. The summed E-state index contributed by atoms with van der Waals surface area (Å²) in [4.78, 5) is 20.1. The van der Waals surface area contributed by atoms with Crippen LogP contribution in [0.5, 0.6) is 0 Å². The van der Waals surface area contributed by atoms with Crippen LogP contribution in [0.4, 0.5) is 14.5 Å². The van der Waals surface area contributed by atoms with E-state index in [0.29, 0.717) is 32.9 Å². The lowest BCUT2D eigenvalue weighted by molar-refractivity contribution is 0.0941. The van der Waals surface area contributed by atoms with E-state index in [9.17, 15) is 13.6 Å². The third kappa shape index (κ3) is 3.21. The Morgan fingerprint density at radius 3 is 2.65 bits per heavy atom. The monoisotopic (exact) mass is 459 g/mol. The van der Waals surface area contributed by atoms with Crippen molar-refractivity contribution in [3.8, 4) is 11.1 Å². The Bertz CT molecular complexity index is 1320. The number of aryl methyl sites for hydroxylation is 2. The lowest BCUT2D eigenvalue weighted by Gasteiger charge is -2.25. The first-order valence-corrected chi connectivity index (χ1v) is 11.4. The first kappa shape index (κ1) is 20.1. The van der Waals surface area contributed by atoms with Gasteiger partial charge in [-0.05, 0) is 44.5 Å². The summed E-state index contributed by atoms with van der Waals surface area (Å²) in [5.74, 6) is -0.238. The molecule has 5 rings (SSSR count). The van der Waals surface area contributed by atoms with Crippen molar-refractivity contribution >= 4 is 44.5 Å². The van der Waals surface area contributed by atoms with E-state index in [1.807, 2.05) is 37.6 Å². The molecule has 1 atom stereocenters. The van der Waals surface area contributed by atoms with Crippen LogP contribution < -0.4 is 10.6 Å². The molecule has 4 aromatic heterocycles. The molecule has 0 radical (unpaired) electrons. The maximum absolute atomic E-state index is 13.6. The number of nitrogens with zero attached hydrogens (tertiary/aromatic N) is 3. The Hall–Kier alpha value is -2.85. The molecule has 6 nitrogen and oxygen atoms in total. The van der Waals surface area contributed by atoms with Crippen molar-refractivity contribution in [2.45, 2.75) is 39.9 Å². The normalized spacial score (nSPS) is 15.9. The van der Waals surface area contributed by atoms with Gasteiger partial charge >= 0.3 is 0 Å². The molecule has 0 saturated heterocycles. The van der Waals surface area contributed by atoms with Gasteiger partial charge in [0.1, 0.15) is 21.6 Å². The molecule has 1 aliphatic heterocycles. The molecule has 160 valence electrons. The molecular weight excluding hydrogens is 440 g/mol. The Balaban J connectivity index is 1.75. The van der Waals surface area contributed by atoms with Crippen LogP contribution in [0.25, 0.3) is 21.3 Å². The highest BCUT2D eigenvalue weighted by atomic mass is 32.1. The van der Waals surface area contributed by atoms with E-state index >= 15 is 0 Å². The quantitative estimate of drug-likeness (QED) is 0.414. The number of alkyl halides is 2. The SMILES string of the molecule is CCn1ncc(-c2cc(C(F)F)nc3sc4c(c23)N[C@H](c2ccc(C)s2)NC4=O)c1C. The van der Waals surface area contributed by atoms with E-state index in [1.165, 1.54) is 6.07 Å². The Morgan fingerprint density at radius 2 is 2.00 bits per heavy atom. The van der Waals surface area contributed by atoms with Gasteiger partial charge in [-0.15, -0.1) is 22.7 Å². The lowest BCUT2D eigenvalue weighted by atomic mass is 10.0. The number of halogens is 2. The molecule has 4 aromatic rings. The number of nitrogens with one attached hydrogen (secondary N) is 2. The molecule has 0 aliphatic carbocycles. The first-order chi connectivity index (χ1) is 14.9. The minimum Gasteiger partial charge on any atom is -0.359 e. The van der Waals surface area contributed by atoms with Gasteiger partial charge in [0.25, 0.3) is 12.3 Å². The van der Waals surface area contributed by atoms with Crippen molar-refractivity contribution in [2.75, 3.05) is 5.32 Å². The Labute approximate surface area is 184 Å². The summed E-state index contributed by atoms with van der Waals surface area (Å²) in [6.45, 7) is 6.56. The summed E-state index contributed by atoms with van der Waals surface area (Å²) in [7, 11) is 0. The number of thiophene rings is 2. The van der Waals surface area contributed by atoms with Crippen LogP contribution in [0.2, 0.25) is 0 Å². The minimum absolute atomic E-state index is 0.238. The summed E-state index contributed by atoms with van der Waals surface area (Å²) < 4.78 is 29.1. The molecular formula is C21H19F2N5OS2. The van der Waals surface area contributed by atoms with Crippen LogP contribution in [-0.4, -0.2) is 20.7 Å². The zero-order valence-electron chi connectivity index (χ0n) is 17.0. The predicted octanol–water partition coefficient (Wildman–Crippen LogP) is 5.65. The minimum atomic E-state index is -2.72. The highest BCUT2D eigenvalue weighted by Crippen LogP contribution is 2.45. The van der Waals surface area contributed by atoms with Crippen molar-refractivity contribution in [1.29, 1.82) is 0 Å². The molecule has 0 aromatic carbocycles. The fourth-order valence-corrected chi connectivity index (χ4v) is 5.85. The summed E-state index contributed by atoms with van der Waals surface area (Å²) in [5.41, 5.74) is 2.56. The molecule has 0 bridgehead atoms. The van der Waals surface area contributed by atoms with Crippen molar-refractivity contribution in [2.24, 2.45) is 0 Å². The molecule has 0 saturated carbocycles. The van der Waals surface area contributed by atoms with Gasteiger partial charge in [0, 0.05) is 32.9 Å². The third-order valence-electron chi connectivity index (χ3n) is 5.41. The van der Waals surface area contributed by atoms with E-state index in [2.05, 4.69) is 20.7 Å². The van der Waals surface area contributed by atoms with E-state index in [4.69, 9.17) is 0 Å². The number of pyridine rings is 1. The van der Waals surface area contributed by atoms with Gasteiger partial charge in [0.2, 0.25) is 0 Å².